The summed E-state index contributed by atoms with van der Waals surface area (Å²) in [6.45, 7) is 2.36. The standard InChI is InChI=1S/C23H24N2O6/c1-5-31-22-13-20(25(27)28)19(12-21(22)30-4)23(26)24(2)14-15-6-7-17-11-18(29-3)9-8-16(17)10-15/h6-13H,5,14H2,1-4H3. The molecule has 3 aromatic carbocycles. The number of benzene rings is 3. The van der Waals surface area contributed by atoms with E-state index in [2.05, 4.69) is 0 Å². The molecule has 0 atom stereocenters. The van der Waals surface area contributed by atoms with Crippen LogP contribution in [0.15, 0.2) is 48.5 Å². The number of nitro groups is 1. The Hall–Kier alpha value is -3.81. The van der Waals surface area contributed by atoms with Crippen LogP contribution in [-0.2, 0) is 6.54 Å². The van der Waals surface area contributed by atoms with Gasteiger partial charge in [-0.3, -0.25) is 14.9 Å². The Morgan fingerprint density at radius 1 is 1.00 bits per heavy atom. The summed E-state index contributed by atoms with van der Waals surface area (Å²) >= 11 is 0. The van der Waals surface area contributed by atoms with Crippen LogP contribution >= 0.6 is 0 Å². The first kappa shape index (κ1) is 21.9. The van der Waals surface area contributed by atoms with Gasteiger partial charge in [0.2, 0.25) is 0 Å². The maximum Gasteiger partial charge on any atom is 0.286 e. The minimum absolute atomic E-state index is 0.0571. The maximum absolute atomic E-state index is 13.1. The van der Waals surface area contributed by atoms with Crippen molar-refractivity contribution in [1.82, 2.24) is 4.90 Å². The maximum atomic E-state index is 13.1. The van der Waals surface area contributed by atoms with E-state index in [4.69, 9.17) is 14.2 Å². The first-order valence-corrected chi connectivity index (χ1v) is 9.69. The number of nitrogens with zero attached hydrogens (tertiary/aromatic N) is 2. The molecular weight excluding hydrogens is 400 g/mol. The number of nitro benzene ring substituents is 1. The number of carbonyl (C=O) groups excluding carboxylic acids is 1. The Kier molecular flexibility index (Phi) is 6.59. The van der Waals surface area contributed by atoms with Gasteiger partial charge in [0.15, 0.2) is 11.5 Å². The van der Waals surface area contributed by atoms with Crippen LogP contribution < -0.4 is 14.2 Å². The van der Waals surface area contributed by atoms with E-state index in [1.54, 1.807) is 21.1 Å². The van der Waals surface area contributed by atoms with Gasteiger partial charge >= 0.3 is 0 Å². The summed E-state index contributed by atoms with van der Waals surface area (Å²) < 4.78 is 15.9. The van der Waals surface area contributed by atoms with Gasteiger partial charge in [-0.1, -0.05) is 18.2 Å². The van der Waals surface area contributed by atoms with E-state index in [1.165, 1.54) is 24.1 Å². The highest BCUT2D eigenvalue weighted by Gasteiger charge is 2.27. The van der Waals surface area contributed by atoms with Crippen LogP contribution in [0.4, 0.5) is 5.69 Å². The van der Waals surface area contributed by atoms with Crippen LogP contribution in [0, 0.1) is 10.1 Å². The molecule has 0 aromatic heterocycles. The number of hydrogen-bond acceptors (Lipinski definition) is 6. The molecule has 31 heavy (non-hydrogen) atoms. The molecule has 0 heterocycles. The lowest BCUT2D eigenvalue weighted by atomic mass is 10.1. The zero-order valence-corrected chi connectivity index (χ0v) is 17.9. The van der Waals surface area contributed by atoms with Crippen molar-refractivity contribution in [3.8, 4) is 17.2 Å². The predicted octanol–water partition coefficient (Wildman–Crippen LogP) is 4.44. The quantitative estimate of drug-likeness (QED) is 0.392. The second-order valence-corrected chi connectivity index (χ2v) is 6.92. The lowest BCUT2D eigenvalue weighted by Crippen LogP contribution is -2.27. The van der Waals surface area contributed by atoms with Gasteiger partial charge in [0.1, 0.15) is 11.3 Å². The van der Waals surface area contributed by atoms with Crippen molar-refractivity contribution >= 4 is 22.4 Å². The van der Waals surface area contributed by atoms with Gasteiger partial charge in [-0.05, 0) is 41.5 Å². The molecule has 162 valence electrons. The van der Waals surface area contributed by atoms with E-state index in [9.17, 15) is 14.9 Å². The van der Waals surface area contributed by atoms with Crippen LogP contribution in [-0.4, -0.2) is 43.6 Å². The van der Waals surface area contributed by atoms with Crippen molar-refractivity contribution in [1.29, 1.82) is 0 Å². The van der Waals surface area contributed by atoms with Crippen LogP contribution in [0.5, 0.6) is 17.2 Å². The molecule has 0 aliphatic heterocycles. The molecule has 0 fully saturated rings. The highest BCUT2D eigenvalue weighted by Crippen LogP contribution is 2.35. The van der Waals surface area contributed by atoms with E-state index >= 15 is 0 Å². The smallest absolute Gasteiger partial charge is 0.286 e. The number of carbonyl (C=O) groups is 1. The summed E-state index contributed by atoms with van der Waals surface area (Å²) in [5.41, 5.74) is 0.513. The van der Waals surface area contributed by atoms with Gasteiger partial charge in [0.25, 0.3) is 11.6 Å². The Bertz CT molecular complexity index is 1130. The molecule has 8 nitrogen and oxygen atoms in total. The van der Waals surface area contributed by atoms with Gasteiger partial charge in [0.05, 0.1) is 31.8 Å². The molecule has 3 rings (SSSR count). The molecule has 3 aromatic rings. The van der Waals surface area contributed by atoms with E-state index < -0.39 is 10.8 Å². The van der Waals surface area contributed by atoms with Crippen molar-refractivity contribution in [2.75, 3.05) is 27.9 Å². The molecule has 0 aliphatic rings. The minimum atomic E-state index is -0.591. The fourth-order valence-corrected chi connectivity index (χ4v) is 3.35. The minimum Gasteiger partial charge on any atom is -0.497 e. The lowest BCUT2D eigenvalue weighted by Gasteiger charge is -2.19. The fourth-order valence-electron chi connectivity index (χ4n) is 3.35. The summed E-state index contributed by atoms with van der Waals surface area (Å²) in [5, 5.41) is 13.6. The highest BCUT2D eigenvalue weighted by atomic mass is 16.6. The van der Waals surface area contributed by atoms with Crippen molar-refractivity contribution in [2.24, 2.45) is 0 Å². The number of methoxy groups -OCH3 is 2. The zero-order valence-electron chi connectivity index (χ0n) is 17.9. The third-order valence-electron chi connectivity index (χ3n) is 4.89. The lowest BCUT2D eigenvalue weighted by molar-refractivity contribution is -0.385. The van der Waals surface area contributed by atoms with Crippen molar-refractivity contribution in [3.63, 3.8) is 0 Å². The average molecular weight is 424 g/mol. The zero-order chi connectivity index (χ0) is 22.5. The predicted molar refractivity (Wildman–Crippen MR) is 117 cm³/mol. The Labute approximate surface area is 180 Å². The van der Waals surface area contributed by atoms with Crippen LogP contribution in [0.1, 0.15) is 22.8 Å². The molecule has 0 saturated carbocycles. The molecule has 0 radical (unpaired) electrons. The first-order valence-electron chi connectivity index (χ1n) is 9.69. The third kappa shape index (κ3) is 4.69. The molecule has 0 spiro atoms. The number of fused-ring (bicyclic) bond motifs is 1. The highest BCUT2D eigenvalue weighted by molar-refractivity contribution is 5.99. The third-order valence-corrected chi connectivity index (χ3v) is 4.89. The summed E-state index contributed by atoms with van der Waals surface area (Å²) in [6.07, 6.45) is 0. The van der Waals surface area contributed by atoms with E-state index in [0.717, 1.165) is 22.1 Å². The van der Waals surface area contributed by atoms with Gasteiger partial charge in [-0.15, -0.1) is 0 Å². The van der Waals surface area contributed by atoms with E-state index in [-0.39, 0.29) is 29.3 Å². The van der Waals surface area contributed by atoms with Crippen molar-refractivity contribution in [3.05, 3.63) is 69.8 Å². The number of ether oxygens (including phenoxy) is 3. The molecule has 0 N–H and O–H groups in total. The van der Waals surface area contributed by atoms with E-state index in [1.807, 2.05) is 36.4 Å². The molecule has 0 unspecified atom stereocenters. The number of amides is 1. The molecule has 1 amide bonds. The monoisotopic (exact) mass is 424 g/mol. The fraction of sp³-hybridized carbons (Fsp3) is 0.261. The van der Waals surface area contributed by atoms with E-state index in [0.29, 0.717) is 6.61 Å². The van der Waals surface area contributed by atoms with Gasteiger partial charge in [-0.25, -0.2) is 0 Å². The normalized spacial score (nSPS) is 10.6. The molecule has 0 saturated heterocycles. The Balaban J connectivity index is 1.90. The second-order valence-electron chi connectivity index (χ2n) is 6.92. The van der Waals surface area contributed by atoms with Crippen LogP contribution in [0.25, 0.3) is 10.8 Å². The van der Waals surface area contributed by atoms with Crippen LogP contribution in [0.2, 0.25) is 0 Å². The summed E-state index contributed by atoms with van der Waals surface area (Å²) in [7, 11) is 4.64. The first-order chi connectivity index (χ1) is 14.9. The second kappa shape index (κ2) is 9.34. The average Bonchev–Trinajstić information content (AvgIpc) is 2.77. The molecule has 8 heteroatoms. The van der Waals surface area contributed by atoms with Crippen molar-refractivity contribution < 1.29 is 23.9 Å². The molecule has 0 bridgehead atoms. The van der Waals surface area contributed by atoms with Gasteiger partial charge in [0, 0.05) is 19.7 Å². The Morgan fingerprint density at radius 3 is 2.35 bits per heavy atom. The Morgan fingerprint density at radius 2 is 1.71 bits per heavy atom. The van der Waals surface area contributed by atoms with Gasteiger partial charge < -0.3 is 19.1 Å². The largest absolute Gasteiger partial charge is 0.497 e. The topological polar surface area (TPSA) is 91.1 Å². The van der Waals surface area contributed by atoms with Crippen molar-refractivity contribution in [2.45, 2.75) is 13.5 Å². The summed E-state index contributed by atoms with van der Waals surface area (Å²) in [5.74, 6) is 0.775. The summed E-state index contributed by atoms with van der Waals surface area (Å²) in [6, 6.07) is 14.2. The molecular formula is C23H24N2O6. The number of rotatable bonds is 8. The molecule has 0 aliphatic carbocycles. The van der Waals surface area contributed by atoms with Crippen LogP contribution in [0.3, 0.4) is 0 Å². The summed E-state index contributed by atoms with van der Waals surface area (Å²) in [4.78, 5) is 25.5. The SMILES string of the molecule is CCOc1cc([N+](=O)[O-])c(C(=O)N(C)Cc2ccc3cc(OC)ccc3c2)cc1OC. The number of hydrogen-bond donors (Lipinski definition) is 0. The van der Waals surface area contributed by atoms with Gasteiger partial charge in [-0.2, -0.15) is 0 Å².